The zero-order valence-corrected chi connectivity index (χ0v) is 23.7. The summed E-state index contributed by atoms with van der Waals surface area (Å²) in [5.74, 6) is -2.92. The molecule has 2 aromatic heterocycles. The van der Waals surface area contributed by atoms with Crippen molar-refractivity contribution in [2.24, 2.45) is 0 Å². The Balaban J connectivity index is 1.55. The maximum Gasteiger partial charge on any atom is 0.417 e. The van der Waals surface area contributed by atoms with E-state index in [2.05, 4.69) is 25.1 Å². The van der Waals surface area contributed by atoms with Gasteiger partial charge in [-0.1, -0.05) is 6.08 Å². The van der Waals surface area contributed by atoms with Crippen LogP contribution in [0.2, 0.25) is 0 Å². The zero-order chi connectivity index (χ0) is 31.8. The Bertz CT molecular complexity index is 1730. The minimum Gasteiger partial charge on any atom is -0.394 e. The molecule has 1 atom stereocenters. The number of amides is 1. The Labute approximate surface area is 248 Å². The molecule has 1 amide bonds. The lowest BCUT2D eigenvalue weighted by molar-refractivity contribution is -0.138. The summed E-state index contributed by atoms with van der Waals surface area (Å²) in [6.45, 7) is 10.8. The van der Waals surface area contributed by atoms with E-state index in [-0.39, 0.29) is 36.7 Å². The summed E-state index contributed by atoms with van der Waals surface area (Å²) in [5.41, 5.74) is -4.07. The predicted octanol–water partition coefficient (Wildman–Crippen LogP) is 4.70. The van der Waals surface area contributed by atoms with Crippen LogP contribution in [0.1, 0.15) is 34.8 Å². The number of alkyl halides is 3. The lowest BCUT2D eigenvalue weighted by Crippen LogP contribution is -2.50. The molecule has 0 bridgehead atoms. The summed E-state index contributed by atoms with van der Waals surface area (Å²) in [6.07, 6.45) is -1.22. The van der Waals surface area contributed by atoms with Crippen molar-refractivity contribution in [1.29, 1.82) is 0 Å². The number of likely N-dealkylation sites (N-methyl/N-ethyl adjacent to an activating group) is 1. The molecular formula is C29H27F5N8O2. The highest BCUT2D eigenvalue weighted by Crippen LogP contribution is 2.39. The first-order chi connectivity index (χ1) is 20.9. The second-order valence-electron chi connectivity index (χ2n) is 10.5. The van der Waals surface area contributed by atoms with Crippen LogP contribution in [0.4, 0.5) is 45.1 Å². The average Bonchev–Trinajstić information content (AvgIpc) is 2.99. The molecule has 4 heterocycles. The van der Waals surface area contributed by atoms with Crippen molar-refractivity contribution in [3.05, 3.63) is 86.8 Å². The quantitative estimate of drug-likeness (QED) is 0.318. The number of carbonyl (C=O) groups is 1. The van der Waals surface area contributed by atoms with Crippen LogP contribution in [0.5, 0.6) is 0 Å². The maximum atomic E-state index is 16.4. The number of aromatic nitrogens is 3. The van der Waals surface area contributed by atoms with Gasteiger partial charge in [0.2, 0.25) is 5.56 Å². The highest BCUT2D eigenvalue weighted by atomic mass is 19.4. The Hall–Kier alpha value is -4.84. The fraction of sp³-hybridized carbons (Fsp3) is 0.345. The van der Waals surface area contributed by atoms with Crippen LogP contribution in [0.15, 0.2) is 41.5 Å². The van der Waals surface area contributed by atoms with Crippen LogP contribution in [0.25, 0.3) is 10.4 Å². The summed E-state index contributed by atoms with van der Waals surface area (Å²) < 4.78 is 73.3. The SMILES string of the molecule is [C-]#[N+]c1nccc(N2CC=C(c3c(F)cc(N4CCN(C)[C@@H](C)C4)c(NC(=O)c4c[nH]c(=O)cc4C(F)(F)F)c3F)CC2)n1. The molecule has 10 nitrogen and oxygen atoms in total. The molecule has 1 fully saturated rings. The number of hydrogen-bond acceptors (Lipinski definition) is 7. The number of aromatic amines is 1. The summed E-state index contributed by atoms with van der Waals surface area (Å²) in [4.78, 5) is 43.6. The molecule has 0 spiro atoms. The van der Waals surface area contributed by atoms with Gasteiger partial charge in [-0.2, -0.15) is 18.2 Å². The van der Waals surface area contributed by atoms with Crippen LogP contribution in [0.3, 0.4) is 0 Å². The van der Waals surface area contributed by atoms with Crippen LogP contribution in [-0.2, 0) is 6.18 Å². The van der Waals surface area contributed by atoms with Gasteiger partial charge < -0.3 is 29.8 Å². The summed E-state index contributed by atoms with van der Waals surface area (Å²) >= 11 is 0. The average molecular weight is 615 g/mol. The van der Waals surface area contributed by atoms with Gasteiger partial charge in [0.25, 0.3) is 5.91 Å². The second kappa shape index (κ2) is 12.0. The number of pyridine rings is 1. The molecule has 1 aromatic carbocycles. The number of anilines is 3. The van der Waals surface area contributed by atoms with Crippen LogP contribution in [-0.4, -0.2) is 71.6 Å². The van der Waals surface area contributed by atoms with Gasteiger partial charge in [-0.3, -0.25) is 9.59 Å². The van der Waals surface area contributed by atoms with E-state index in [0.717, 1.165) is 6.07 Å². The topological polar surface area (TPSA) is 102 Å². The van der Waals surface area contributed by atoms with Gasteiger partial charge >= 0.3 is 12.1 Å². The fourth-order valence-electron chi connectivity index (χ4n) is 5.28. The minimum absolute atomic E-state index is 0.0132. The Morgan fingerprint density at radius 2 is 1.95 bits per heavy atom. The predicted molar refractivity (Wildman–Crippen MR) is 154 cm³/mol. The van der Waals surface area contributed by atoms with Gasteiger partial charge in [-0.05, 0) is 26.0 Å². The first-order valence-corrected chi connectivity index (χ1v) is 13.6. The highest BCUT2D eigenvalue weighted by Gasteiger charge is 2.37. The van der Waals surface area contributed by atoms with E-state index < -0.39 is 51.7 Å². The molecular weight excluding hydrogens is 587 g/mol. The molecule has 0 saturated carbocycles. The number of halogens is 5. The molecule has 2 aliphatic rings. The van der Waals surface area contributed by atoms with E-state index in [1.165, 1.54) is 6.20 Å². The van der Waals surface area contributed by atoms with Crippen LogP contribution >= 0.6 is 0 Å². The number of nitrogens with one attached hydrogen (secondary N) is 2. The molecule has 0 aliphatic carbocycles. The van der Waals surface area contributed by atoms with Crippen molar-refractivity contribution in [3.8, 4) is 0 Å². The van der Waals surface area contributed by atoms with Crippen molar-refractivity contribution >= 4 is 34.6 Å². The number of piperazine rings is 1. The third kappa shape index (κ3) is 6.11. The molecule has 2 aliphatic heterocycles. The largest absolute Gasteiger partial charge is 0.417 e. The molecule has 44 heavy (non-hydrogen) atoms. The summed E-state index contributed by atoms with van der Waals surface area (Å²) in [6, 6.07) is 2.93. The number of carbonyl (C=O) groups excluding carboxylic acids is 1. The first-order valence-electron chi connectivity index (χ1n) is 13.6. The Kier molecular flexibility index (Phi) is 8.38. The van der Waals surface area contributed by atoms with E-state index in [4.69, 9.17) is 6.57 Å². The van der Waals surface area contributed by atoms with Crippen molar-refractivity contribution in [3.63, 3.8) is 0 Å². The first kappa shape index (κ1) is 30.6. The Morgan fingerprint density at radius 3 is 2.61 bits per heavy atom. The maximum absolute atomic E-state index is 16.4. The lowest BCUT2D eigenvalue weighted by Gasteiger charge is -2.40. The number of nitrogens with zero attached hydrogens (tertiary/aromatic N) is 6. The standard InChI is InChI=1S/C29H27F5N8O2/c1-16-15-42(11-10-40(16)3)21-13-20(30)24(17-5-8-41(9-6-17)22-4-7-36-28(35-2)38-22)25(31)26(21)39-27(44)18-14-37-23(43)12-19(18)29(32,33)34/h4-5,7,12-14,16H,6,8-11,15H2,1,3H3,(H,37,43)(H,39,44)/t16-/m0/s1. The highest BCUT2D eigenvalue weighted by molar-refractivity contribution is 6.07. The number of H-pyrrole nitrogens is 1. The normalized spacial score (nSPS) is 17.7. The van der Waals surface area contributed by atoms with E-state index in [0.29, 0.717) is 43.8 Å². The summed E-state index contributed by atoms with van der Waals surface area (Å²) in [7, 11) is 1.90. The van der Waals surface area contributed by atoms with Crippen LogP contribution < -0.4 is 20.7 Å². The van der Waals surface area contributed by atoms with Gasteiger partial charge in [0.15, 0.2) is 11.6 Å². The van der Waals surface area contributed by atoms with E-state index in [9.17, 15) is 22.8 Å². The second-order valence-corrected chi connectivity index (χ2v) is 10.5. The fourth-order valence-corrected chi connectivity index (χ4v) is 5.28. The molecule has 2 N–H and O–H groups in total. The van der Waals surface area contributed by atoms with Crippen LogP contribution in [0, 0.1) is 18.2 Å². The van der Waals surface area contributed by atoms with E-state index >= 15 is 8.78 Å². The molecule has 230 valence electrons. The monoisotopic (exact) mass is 614 g/mol. The van der Waals surface area contributed by atoms with Crippen molar-refractivity contribution in [2.75, 3.05) is 54.9 Å². The third-order valence-corrected chi connectivity index (χ3v) is 7.79. The third-order valence-electron chi connectivity index (χ3n) is 7.79. The van der Waals surface area contributed by atoms with Gasteiger partial charge in [0.05, 0.1) is 28.6 Å². The molecule has 0 radical (unpaired) electrons. The smallest absolute Gasteiger partial charge is 0.394 e. The van der Waals surface area contributed by atoms with E-state index in [1.807, 2.05) is 18.9 Å². The number of benzene rings is 1. The molecule has 3 aromatic rings. The van der Waals surface area contributed by atoms with Gasteiger partial charge in [0.1, 0.15) is 11.5 Å². The minimum atomic E-state index is -5.04. The van der Waals surface area contributed by atoms with Gasteiger partial charge in [-0.25, -0.2) is 8.78 Å². The van der Waals surface area contributed by atoms with E-state index in [1.54, 1.807) is 21.9 Å². The molecule has 5 rings (SSSR count). The number of rotatable bonds is 5. The molecule has 0 unspecified atom stereocenters. The lowest BCUT2D eigenvalue weighted by atomic mass is 9.96. The molecule has 1 saturated heterocycles. The van der Waals surface area contributed by atoms with Gasteiger partial charge in [-0.15, -0.1) is 11.6 Å². The van der Waals surface area contributed by atoms with Crippen molar-refractivity contribution in [1.82, 2.24) is 19.9 Å². The van der Waals surface area contributed by atoms with Gasteiger partial charge in [0, 0.05) is 63.2 Å². The Morgan fingerprint density at radius 1 is 1.18 bits per heavy atom. The zero-order valence-electron chi connectivity index (χ0n) is 23.7. The molecule has 15 heteroatoms. The van der Waals surface area contributed by atoms with Crippen molar-refractivity contribution in [2.45, 2.75) is 25.6 Å². The summed E-state index contributed by atoms with van der Waals surface area (Å²) in [5, 5.41) is 2.26. The number of hydrogen-bond donors (Lipinski definition) is 2. The van der Waals surface area contributed by atoms with Crippen molar-refractivity contribution < 1.29 is 26.7 Å².